The molecule has 4 saturated carbocycles. The molecule has 7 nitrogen and oxygen atoms in total. The molecule has 0 amide bonds. The third-order valence-corrected chi connectivity index (χ3v) is 12.6. The lowest BCUT2D eigenvalue weighted by Crippen LogP contribution is -2.58. The number of carbonyl (C=O) groups is 3. The van der Waals surface area contributed by atoms with Crippen molar-refractivity contribution in [2.24, 2.45) is 52.3 Å². The van der Waals surface area contributed by atoms with E-state index < -0.39 is 17.7 Å². The van der Waals surface area contributed by atoms with Crippen LogP contribution in [0.15, 0.2) is 0 Å². The van der Waals surface area contributed by atoms with Crippen LogP contribution in [-0.4, -0.2) is 47.4 Å². The molecule has 38 heavy (non-hydrogen) atoms. The molecule has 0 aromatic rings. The molecular formula is C31H46O7. The average Bonchev–Trinajstić information content (AvgIpc) is 3.32. The Morgan fingerprint density at radius 3 is 2.53 bits per heavy atom. The summed E-state index contributed by atoms with van der Waals surface area (Å²) in [5.74, 6) is 1.32. The first-order valence-corrected chi connectivity index (χ1v) is 15.2. The van der Waals surface area contributed by atoms with E-state index in [0.717, 1.165) is 58.0 Å². The van der Waals surface area contributed by atoms with Crippen molar-refractivity contribution < 1.29 is 33.7 Å². The highest BCUT2D eigenvalue weighted by atomic mass is 16.7. The van der Waals surface area contributed by atoms with Gasteiger partial charge in [-0.1, -0.05) is 27.7 Å². The van der Waals surface area contributed by atoms with Gasteiger partial charge < -0.3 is 19.3 Å². The zero-order chi connectivity index (χ0) is 27.0. The van der Waals surface area contributed by atoms with Crippen molar-refractivity contribution in [1.29, 1.82) is 0 Å². The first-order chi connectivity index (χ1) is 18.0. The standard InChI is InChI=1S/C31H46O7/c1-17-9-12-31(36-16-17)18(2)28-24(38-31)14-23-21-6-5-19-13-20(37-27(35)8-7-26(33)34)10-11-29(19,3)22(21)15-25(32)30(23,28)4/h17-24,28H,5-16H2,1-4H3,(H,33,34)/t17-,18-,19-,20+,21+,22-,23-,24-,28-,29-,30+,31+/m0/s1. The van der Waals surface area contributed by atoms with E-state index in [1.807, 2.05) is 0 Å². The van der Waals surface area contributed by atoms with Gasteiger partial charge in [0.25, 0.3) is 0 Å². The number of hydrogen-bond acceptors (Lipinski definition) is 6. The van der Waals surface area contributed by atoms with Gasteiger partial charge >= 0.3 is 11.9 Å². The molecule has 2 heterocycles. The minimum atomic E-state index is -0.975. The van der Waals surface area contributed by atoms with E-state index >= 15 is 0 Å². The lowest BCUT2D eigenvalue weighted by Gasteiger charge is -2.60. The maximum absolute atomic E-state index is 14.2. The van der Waals surface area contributed by atoms with E-state index in [9.17, 15) is 14.4 Å². The summed E-state index contributed by atoms with van der Waals surface area (Å²) in [7, 11) is 0. The van der Waals surface area contributed by atoms with Gasteiger partial charge in [0.2, 0.25) is 0 Å². The highest BCUT2D eigenvalue weighted by Gasteiger charge is 2.71. The molecule has 1 spiro atoms. The Kier molecular flexibility index (Phi) is 6.54. The van der Waals surface area contributed by atoms with Crippen LogP contribution >= 0.6 is 0 Å². The number of esters is 1. The maximum atomic E-state index is 14.2. The van der Waals surface area contributed by atoms with E-state index in [4.69, 9.17) is 19.3 Å². The molecule has 6 rings (SSSR count). The SMILES string of the molecule is C[C@H]1CC[C@@]2(OC1)O[C@H]1C[C@H]3[C@@H]4CC[C@H]5C[C@H](OC(=O)CCC(=O)O)CC[C@]5(C)[C@H]4CC(=O)[C@]3(C)[C@H]1[C@@H]2C. The molecule has 0 bridgehead atoms. The van der Waals surface area contributed by atoms with Gasteiger partial charge in [-0.15, -0.1) is 0 Å². The van der Waals surface area contributed by atoms with Crippen LogP contribution < -0.4 is 0 Å². The Balaban J connectivity index is 1.17. The average molecular weight is 531 g/mol. The first-order valence-electron chi connectivity index (χ1n) is 15.2. The number of carboxylic acid groups (broad SMARTS) is 1. The number of fused-ring (bicyclic) bond motifs is 7. The van der Waals surface area contributed by atoms with Crippen molar-refractivity contribution in [2.75, 3.05) is 6.61 Å². The van der Waals surface area contributed by atoms with Gasteiger partial charge in [-0.05, 0) is 80.0 Å². The number of ether oxygens (including phenoxy) is 3. The lowest BCUT2D eigenvalue weighted by atomic mass is 9.44. The predicted octanol–water partition coefficient (Wildman–Crippen LogP) is 5.39. The molecule has 6 aliphatic rings. The van der Waals surface area contributed by atoms with Gasteiger partial charge in [0, 0.05) is 30.1 Å². The van der Waals surface area contributed by atoms with Crippen molar-refractivity contribution in [2.45, 2.75) is 116 Å². The second-order valence-electron chi connectivity index (χ2n) is 14.3. The fourth-order valence-corrected chi connectivity index (χ4v) is 10.5. The zero-order valence-corrected chi connectivity index (χ0v) is 23.6. The molecule has 2 aliphatic heterocycles. The molecular weight excluding hydrogens is 484 g/mol. The molecule has 212 valence electrons. The van der Waals surface area contributed by atoms with Crippen LogP contribution in [0.2, 0.25) is 0 Å². The smallest absolute Gasteiger partial charge is 0.306 e. The topological polar surface area (TPSA) is 99.1 Å². The quantitative estimate of drug-likeness (QED) is 0.487. The molecule has 4 aliphatic carbocycles. The molecule has 6 fully saturated rings. The molecule has 1 N–H and O–H groups in total. The van der Waals surface area contributed by atoms with Gasteiger partial charge in [0.15, 0.2) is 5.79 Å². The summed E-state index contributed by atoms with van der Waals surface area (Å²) in [4.78, 5) is 37.2. The second kappa shape index (κ2) is 9.29. The van der Waals surface area contributed by atoms with E-state index in [0.29, 0.717) is 41.8 Å². The highest BCUT2D eigenvalue weighted by molar-refractivity contribution is 5.87. The second-order valence-corrected chi connectivity index (χ2v) is 14.3. The number of aliphatic carboxylic acids is 1. The normalized spacial score (nSPS) is 51.6. The Morgan fingerprint density at radius 1 is 1.03 bits per heavy atom. The van der Waals surface area contributed by atoms with Gasteiger partial charge in [-0.2, -0.15) is 0 Å². The van der Waals surface area contributed by atoms with Crippen molar-refractivity contribution in [1.82, 2.24) is 0 Å². The molecule has 0 radical (unpaired) electrons. The number of carbonyl (C=O) groups excluding carboxylic acids is 2. The van der Waals surface area contributed by atoms with Crippen molar-refractivity contribution in [3.8, 4) is 0 Å². The first kappa shape index (κ1) is 26.7. The van der Waals surface area contributed by atoms with E-state index in [1.54, 1.807) is 0 Å². The molecule has 7 heteroatoms. The molecule has 2 saturated heterocycles. The van der Waals surface area contributed by atoms with Crippen LogP contribution in [-0.2, 0) is 28.6 Å². The summed E-state index contributed by atoms with van der Waals surface area (Å²) in [6.45, 7) is 9.94. The number of hydrogen-bond donors (Lipinski definition) is 1. The minimum Gasteiger partial charge on any atom is -0.481 e. The third-order valence-electron chi connectivity index (χ3n) is 12.6. The Morgan fingerprint density at radius 2 is 1.82 bits per heavy atom. The summed E-state index contributed by atoms with van der Waals surface area (Å²) in [6, 6.07) is 0. The molecule has 0 aromatic carbocycles. The lowest BCUT2D eigenvalue weighted by molar-refractivity contribution is -0.272. The summed E-state index contributed by atoms with van der Waals surface area (Å²) in [6.07, 6.45) is 8.25. The molecule has 0 unspecified atom stereocenters. The van der Waals surface area contributed by atoms with Crippen molar-refractivity contribution in [3.05, 3.63) is 0 Å². The summed E-state index contributed by atoms with van der Waals surface area (Å²) >= 11 is 0. The van der Waals surface area contributed by atoms with Crippen LogP contribution in [0.4, 0.5) is 0 Å². The number of ketones is 1. The highest BCUT2D eigenvalue weighted by Crippen LogP contribution is 2.70. The van der Waals surface area contributed by atoms with Gasteiger partial charge in [0.05, 0.1) is 25.6 Å². The zero-order valence-electron chi connectivity index (χ0n) is 23.6. The van der Waals surface area contributed by atoms with E-state index in [1.165, 1.54) is 0 Å². The van der Waals surface area contributed by atoms with Crippen molar-refractivity contribution >= 4 is 17.7 Å². The van der Waals surface area contributed by atoms with E-state index in [2.05, 4.69) is 27.7 Å². The van der Waals surface area contributed by atoms with Crippen LogP contribution in [0.3, 0.4) is 0 Å². The Hall–Kier alpha value is -1.47. The molecule has 12 atom stereocenters. The van der Waals surface area contributed by atoms with E-state index in [-0.39, 0.29) is 47.7 Å². The van der Waals surface area contributed by atoms with Crippen LogP contribution in [0.1, 0.15) is 98.3 Å². The number of carboxylic acids is 1. The van der Waals surface area contributed by atoms with Crippen LogP contribution in [0.5, 0.6) is 0 Å². The summed E-state index contributed by atoms with van der Waals surface area (Å²) in [5, 5.41) is 8.86. The fraction of sp³-hybridized carbons (Fsp3) is 0.903. The minimum absolute atomic E-state index is 0.0680. The Bertz CT molecular complexity index is 985. The van der Waals surface area contributed by atoms with Gasteiger partial charge in [-0.3, -0.25) is 14.4 Å². The van der Waals surface area contributed by atoms with Gasteiger partial charge in [-0.25, -0.2) is 0 Å². The summed E-state index contributed by atoms with van der Waals surface area (Å²) in [5.41, 5.74) is -0.251. The third kappa shape index (κ3) is 3.92. The molecule has 0 aromatic heterocycles. The maximum Gasteiger partial charge on any atom is 0.306 e. The summed E-state index contributed by atoms with van der Waals surface area (Å²) < 4.78 is 18.9. The van der Waals surface area contributed by atoms with Crippen LogP contribution in [0, 0.1) is 52.3 Å². The monoisotopic (exact) mass is 530 g/mol. The largest absolute Gasteiger partial charge is 0.481 e. The fourth-order valence-electron chi connectivity index (χ4n) is 10.5. The van der Waals surface area contributed by atoms with Crippen molar-refractivity contribution in [3.63, 3.8) is 0 Å². The predicted molar refractivity (Wildman–Crippen MR) is 139 cm³/mol. The van der Waals surface area contributed by atoms with Crippen LogP contribution in [0.25, 0.3) is 0 Å². The number of rotatable bonds is 4. The number of Topliss-reactive ketones (excluding diaryl/α,β-unsaturated/α-hetero) is 1. The van der Waals surface area contributed by atoms with Gasteiger partial charge in [0.1, 0.15) is 11.9 Å². The Labute approximate surface area is 226 Å².